The lowest BCUT2D eigenvalue weighted by Gasteiger charge is -2.09. The van der Waals surface area contributed by atoms with Crippen molar-refractivity contribution in [1.29, 1.82) is 0 Å². The van der Waals surface area contributed by atoms with E-state index < -0.39 is 11.9 Å². The predicted molar refractivity (Wildman–Crippen MR) is 78.8 cm³/mol. The second-order valence-electron chi connectivity index (χ2n) is 5.58. The minimum atomic E-state index is -0.818. The van der Waals surface area contributed by atoms with Gasteiger partial charge in [0.2, 0.25) is 5.78 Å². The fourth-order valence-corrected chi connectivity index (χ4v) is 3.15. The predicted octanol–water partition coefficient (Wildman–Crippen LogP) is 2.91. The minimum absolute atomic E-state index is 0.0251. The number of rotatable bonds is 3. The Kier molecular flexibility index (Phi) is 3.16. The van der Waals surface area contributed by atoms with Crippen molar-refractivity contribution in [2.45, 2.75) is 32.7 Å². The smallest absolute Gasteiger partial charge is 0.312 e. The highest BCUT2D eigenvalue weighted by molar-refractivity contribution is 6.10. The fraction of sp³-hybridized carbons (Fsp3) is 0.294. The number of fused-ring (bicyclic) bond motifs is 1. The van der Waals surface area contributed by atoms with E-state index in [-0.39, 0.29) is 5.78 Å². The number of hydrogen-bond donors (Lipinski definition) is 1. The molecule has 0 saturated carbocycles. The zero-order valence-electron chi connectivity index (χ0n) is 12.1. The number of carbonyl (C=O) groups excluding carboxylic acids is 1. The van der Waals surface area contributed by atoms with Crippen LogP contribution in [-0.2, 0) is 11.3 Å². The molecule has 0 spiro atoms. The molecule has 1 aromatic heterocycles. The number of benzene rings is 1. The molecule has 1 aromatic carbocycles. The van der Waals surface area contributed by atoms with Crippen molar-refractivity contribution < 1.29 is 14.7 Å². The summed E-state index contributed by atoms with van der Waals surface area (Å²) in [5.74, 6) is -1.34. The molecular formula is C17H17NO3. The van der Waals surface area contributed by atoms with Crippen LogP contribution in [0.5, 0.6) is 0 Å². The molecule has 2 aromatic rings. The van der Waals surface area contributed by atoms with E-state index in [0.29, 0.717) is 24.2 Å². The van der Waals surface area contributed by atoms with Crippen molar-refractivity contribution >= 4 is 11.8 Å². The molecule has 4 heteroatoms. The second kappa shape index (κ2) is 4.88. The number of aryl methyl sites for hydroxylation is 2. The van der Waals surface area contributed by atoms with Crippen LogP contribution in [0.3, 0.4) is 0 Å². The highest BCUT2D eigenvalue weighted by Gasteiger charge is 2.33. The molecule has 108 valence electrons. The number of aliphatic carboxylic acids is 1. The van der Waals surface area contributed by atoms with Crippen LogP contribution >= 0.6 is 0 Å². The Morgan fingerprint density at radius 3 is 2.57 bits per heavy atom. The van der Waals surface area contributed by atoms with Gasteiger partial charge < -0.3 is 9.67 Å². The van der Waals surface area contributed by atoms with Gasteiger partial charge in [-0.2, -0.15) is 0 Å². The Balaban J connectivity index is 2.09. The average Bonchev–Trinajstić information content (AvgIpc) is 2.96. The highest BCUT2D eigenvalue weighted by atomic mass is 16.4. The first-order chi connectivity index (χ1) is 10.0. The molecule has 0 fully saturated rings. The van der Waals surface area contributed by atoms with E-state index in [4.69, 9.17) is 0 Å². The van der Waals surface area contributed by atoms with E-state index in [2.05, 4.69) is 0 Å². The van der Waals surface area contributed by atoms with E-state index in [1.165, 1.54) is 0 Å². The number of aromatic nitrogens is 1. The van der Waals surface area contributed by atoms with Gasteiger partial charge in [0.15, 0.2) is 0 Å². The largest absolute Gasteiger partial charge is 0.481 e. The molecule has 1 atom stereocenters. The number of hydrogen-bond acceptors (Lipinski definition) is 2. The fourth-order valence-electron chi connectivity index (χ4n) is 3.15. The number of ketones is 1. The first-order valence-corrected chi connectivity index (χ1v) is 7.04. The van der Waals surface area contributed by atoms with Gasteiger partial charge in [-0.1, -0.05) is 24.3 Å². The Bertz CT molecular complexity index is 742. The van der Waals surface area contributed by atoms with Gasteiger partial charge in [0.25, 0.3) is 0 Å². The molecule has 4 nitrogen and oxygen atoms in total. The van der Waals surface area contributed by atoms with Gasteiger partial charge in [-0.15, -0.1) is 0 Å². The van der Waals surface area contributed by atoms with Crippen LogP contribution < -0.4 is 0 Å². The minimum Gasteiger partial charge on any atom is -0.481 e. The first kappa shape index (κ1) is 13.6. The van der Waals surface area contributed by atoms with Crippen LogP contribution in [0.25, 0.3) is 0 Å². The van der Waals surface area contributed by atoms with Crippen LogP contribution in [0, 0.1) is 13.8 Å². The van der Waals surface area contributed by atoms with Gasteiger partial charge in [0, 0.05) is 17.8 Å². The molecule has 0 radical (unpaired) electrons. The maximum atomic E-state index is 12.8. The molecule has 0 saturated heterocycles. The Labute approximate surface area is 123 Å². The molecule has 21 heavy (non-hydrogen) atoms. The molecule has 1 unspecified atom stereocenters. The molecule has 2 heterocycles. The third-order valence-electron chi connectivity index (χ3n) is 4.22. The molecule has 1 aliphatic heterocycles. The number of carboxylic acids is 1. The molecule has 1 aliphatic rings. The van der Waals surface area contributed by atoms with E-state index in [1.807, 2.05) is 48.7 Å². The molecule has 1 N–H and O–H groups in total. The van der Waals surface area contributed by atoms with Gasteiger partial charge in [0.1, 0.15) is 0 Å². The standard InChI is InChI=1S/C17H17NO3/c1-10-5-3-4-6-12(10)16(19)15-11(2)9-14-13(17(20)21)7-8-18(14)15/h3-6,9,13H,7-8H2,1-2H3,(H,20,21). The van der Waals surface area contributed by atoms with Crippen molar-refractivity contribution in [3.05, 3.63) is 58.4 Å². The van der Waals surface area contributed by atoms with Gasteiger partial charge in [-0.25, -0.2) is 0 Å². The average molecular weight is 283 g/mol. The summed E-state index contributed by atoms with van der Waals surface area (Å²) < 4.78 is 1.88. The zero-order chi connectivity index (χ0) is 15.1. The summed E-state index contributed by atoms with van der Waals surface area (Å²) in [5.41, 5.74) is 3.84. The lowest BCUT2D eigenvalue weighted by molar-refractivity contribution is -0.138. The van der Waals surface area contributed by atoms with E-state index in [0.717, 1.165) is 16.8 Å². The summed E-state index contributed by atoms with van der Waals surface area (Å²) in [7, 11) is 0. The van der Waals surface area contributed by atoms with Crippen LogP contribution in [0.4, 0.5) is 0 Å². The highest BCUT2D eigenvalue weighted by Crippen LogP contribution is 2.33. The number of carboxylic acid groups (broad SMARTS) is 1. The van der Waals surface area contributed by atoms with Gasteiger partial charge in [-0.3, -0.25) is 9.59 Å². The molecule has 0 aliphatic carbocycles. The molecule has 3 rings (SSSR count). The first-order valence-electron chi connectivity index (χ1n) is 7.04. The number of carbonyl (C=O) groups is 2. The van der Waals surface area contributed by atoms with Crippen molar-refractivity contribution in [1.82, 2.24) is 4.57 Å². The van der Waals surface area contributed by atoms with Crippen molar-refractivity contribution in [3.8, 4) is 0 Å². The summed E-state index contributed by atoms with van der Waals surface area (Å²) >= 11 is 0. The van der Waals surface area contributed by atoms with Crippen LogP contribution in [0.2, 0.25) is 0 Å². The zero-order valence-corrected chi connectivity index (χ0v) is 12.1. The van der Waals surface area contributed by atoms with Crippen molar-refractivity contribution in [2.24, 2.45) is 0 Å². The summed E-state index contributed by atoms with van der Waals surface area (Å²) in [6, 6.07) is 9.33. The van der Waals surface area contributed by atoms with Crippen LogP contribution in [0.15, 0.2) is 30.3 Å². The summed E-state index contributed by atoms with van der Waals surface area (Å²) in [4.78, 5) is 24.1. The normalized spacial score (nSPS) is 16.8. The molecule has 0 bridgehead atoms. The third kappa shape index (κ3) is 2.07. The SMILES string of the molecule is Cc1ccccc1C(=O)c1c(C)cc2n1CCC2C(=O)O. The van der Waals surface area contributed by atoms with Gasteiger partial charge in [0.05, 0.1) is 11.6 Å². The Hall–Kier alpha value is -2.36. The molecule has 0 amide bonds. The van der Waals surface area contributed by atoms with E-state index in [1.54, 1.807) is 0 Å². The maximum Gasteiger partial charge on any atom is 0.312 e. The summed E-state index contributed by atoms with van der Waals surface area (Å²) in [5, 5.41) is 9.26. The van der Waals surface area contributed by atoms with E-state index in [9.17, 15) is 14.7 Å². The second-order valence-corrected chi connectivity index (χ2v) is 5.58. The van der Waals surface area contributed by atoms with Gasteiger partial charge >= 0.3 is 5.97 Å². The van der Waals surface area contributed by atoms with E-state index >= 15 is 0 Å². The van der Waals surface area contributed by atoms with Crippen molar-refractivity contribution in [3.63, 3.8) is 0 Å². The van der Waals surface area contributed by atoms with Crippen LogP contribution in [-0.4, -0.2) is 21.4 Å². The maximum absolute atomic E-state index is 12.8. The Morgan fingerprint density at radius 1 is 1.19 bits per heavy atom. The Morgan fingerprint density at radius 2 is 1.90 bits per heavy atom. The lowest BCUT2D eigenvalue weighted by atomic mass is 10.0. The third-order valence-corrected chi connectivity index (χ3v) is 4.22. The topological polar surface area (TPSA) is 59.3 Å². The monoisotopic (exact) mass is 283 g/mol. The lowest BCUT2D eigenvalue weighted by Crippen LogP contribution is -2.12. The van der Waals surface area contributed by atoms with Gasteiger partial charge in [-0.05, 0) is 37.5 Å². The quantitative estimate of drug-likeness (QED) is 0.881. The number of nitrogens with zero attached hydrogens (tertiary/aromatic N) is 1. The van der Waals surface area contributed by atoms with Crippen LogP contribution in [0.1, 0.15) is 45.2 Å². The summed E-state index contributed by atoms with van der Waals surface area (Å²) in [6.45, 7) is 4.37. The molecular weight excluding hydrogens is 266 g/mol. The summed E-state index contributed by atoms with van der Waals surface area (Å²) in [6.07, 6.45) is 0.555. The van der Waals surface area contributed by atoms with Crippen molar-refractivity contribution in [2.75, 3.05) is 0 Å².